The quantitative estimate of drug-likeness (QED) is 0.116. The zero-order chi connectivity index (χ0) is 32.3. The molecule has 1 aliphatic heterocycles. The van der Waals surface area contributed by atoms with Crippen molar-refractivity contribution < 1.29 is 14.3 Å². The van der Waals surface area contributed by atoms with Crippen molar-refractivity contribution in [2.45, 2.75) is 56.9 Å². The van der Waals surface area contributed by atoms with Crippen LogP contribution in [0.2, 0.25) is 5.02 Å². The molecule has 1 fully saturated rings. The Morgan fingerprint density at radius 2 is 1.47 bits per heavy atom. The van der Waals surface area contributed by atoms with Gasteiger partial charge >= 0.3 is 5.97 Å². The molecule has 0 saturated heterocycles. The minimum Gasteiger partial charge on any atom is -0.462 e. The van der Waals surface area contributed by atoms with Crippen molar-refractivity contribution in [3.05, 3.63) is 154 Å². The first-order valence-electron chi connectivity index (χ1n) is 16.9. The number of hydrogen-bond acceptors (Lipinski definition) is 5. The molecule has 0 aromatic heterocycles. The molecule has 1 saturated carbocycles. The summed E-state index contributed by atoms with van der Waals surface area (Å²) in [4.78, 5) is 19.3. The van der Waals surface area contributed by atoms with Crippen LogP contribution in [0, 0.1) is 5.92 Å². The number of carbonyl (C=O) groups is 1. The maximum absolute atomic E-state index is 14.2. The van der Waals surface area contributed by atoms with Gasteiger partial charge in [-0.1, -0.05) is 147 Å². The fourth-order valence-electron chi connectivity index (χ4n) is 6.75. The van der Waals surface area contributed by atoms with E-state index < -0.39 is 12.0 Å². The van der Waals surface area contributed by atoms with E-state index in [4.69, 9.17) is 26.1 Å². The maximum Gasteiger partial charge on any atom is 0.338 e. The van der Waals surface area contributed by atoms with E-state index in [9.17, 15) is 4.79 Å². The van der Waals surface area contributed by atoms with Crippen molar-refractivity contribution in [1.82, 2.24) is 5.32 Å². The van der Waals surface area contributed by atoms with Crippen LogP contribution in [0.3, 0.4) is 0 Å². The zero-order valence-corrected chi connectivity index (χ0v) is 27.6. The van der Waals surface area contributed by atoms with Gasteiger partial charge < -0.3 is 14.8 Å². The van der Waals surface area contributed by atoms with Crippen LogP contribution in [0.1, 0.15) is 79.2 Å². The van der Waals surface area contributed by atoms with Crippen LogP contribution < -0.4 is 5.32 Å². The number of nitrogens with one attached hydrogen (secondary N) is 1. The van der Waals surface area contributed by atoms with Crippen molar-refractivity contribution in [2.24, 2.45) is 10.9 Å². The maximum atomic E-state index is 14.2. The van der Waals surface area contributed by atoms with Crippen molar-refractivity contribution >= 4 is 23.4 Å². The Balaban J connectivity index is 1.26. The van der Waals surface area contributed by atoms with E-state index in [0.717, 1.165) is 17.5 Å². The van der Waals surface area contributed by atoms with Gasteiger partial charge in [-0.2, -0.15) is 0 Å². The normalized spacial score (nSPS) is 16.9. The van der Waals surface area contributed by atoms with Gasteiger partial charge in [-0.3, -0.25) is 4.99 Å². The molecule has 1 atom stereocenters. The topological polar surface area (TPSA) is 59.9 Å². The lowest BCUT2D eigenvalue weighted by Crippen LogP contribution is -2.36. The summed E-state index contributed by atoms with van der Waals surface area (Å²) in [6.07, 6.45) is 8.18. The zero-order valence-electron chi connectivity index (χ0n) is 26.8. The second-order valence-corrected chi connectivity index (χ2v) is 12.9. The molecule has 4 aromatic rings. The Kier molecular flexibility index (Phi) is 11.5. The number of rotatable bonds is 13. The highest BCUT2D eigenvalue weighted by molar-refractivity contribution is 6.30. The summed E-state index contributed by atoms with van der Waals surface area (Å²) >= 11 is 6.47. The van der Waals surface area contributed by atoms with Gasteiger partial charge in [-0.15, -0.1) is 0 Å². The monoisotopic (exact) mass is 646 g/mol. The smallest absolute Gasteiger partial charge is 0.338 e. The fourth-order valence-corrected chi connectivity index (χ4v) is 6.95. The van der Waals surface area contributed by atoms with Gasteiger partial charge in [0.25, 0.3) is 0 Å². The summed E-state index contributed by atoms with van der Waals surface area (Å²) in [7, 11) is 0. The predicted octanol–water partition coefficient (Wildman–Crippen LogP) is 9.44. The Labute approximate surface area is 283 Å². The molecule has 242 valence electrons. The molecule has 0 spiro atoms. The minimum atomic E-state index is -0.603. The lowest BCUT2D eigenvalue weighted by molar-refractivity contribution is -0.139. The molecule has 6 heteroatoms. The molecule has 6 rings (SSSR count). The Hall–Kier alpha value is -4.19. The van der Waals surface area contributed by atoms with E-state index in [2.05, 4.69) is 29.6 Å². The van der Waals surface area contributed by atoms with E-state index in [0.29, 0.717) is 41.1 Å². The van der Waals surface area contributed by atoms with Gasteiger partial charge in [0, 0.05) is 23.1 Å². The molecule has 47 heavy (non-hydrogen) atoms. The van der Waals surface area contributed by atoms with E-state index >= 15 is 0 Å². The molecule has 5 nitrogen and oxygen atoms in total. The molecule has 1 N–H and O–H groups in total. The van der Waals surface area contributed by atoms with Crippen molar-refractivity contribution in [3.63, 3.8) is 0 Å². The molecule has 0 bridgehead atoms. The van der Waals surface area contributed by atoms with Crippen LogP contribution in [-0.4, -0.2) is 31.6 Å². The highest BCUT2D eigenvalue weighted by atomic mass is 35.5. The SMILES string of the molecule is O=C(OCCC(c1ccccc1)c1ccccc1)C1=C(COCCC2CCCCC2)NC(c2ccccc2)=NC1c1cccc(Cl)c1. The number of halogens is 1. The second-order valence-electron chi connectivity index (χ2n) is 12.5. The second kappa shape index (κ2) is 16.6. The summed E-state index contributed by atoms with van der Waals surface area (Å²) < 4.78 is 12.4. The van der Waals surface area contributed by atoms with Gasteiger partial charge in [0.15, 0.2) is 0 Å². The first-order valence-corrected chi connectivity index (χ1v) is 17.3. The molecule has 1 heterocycles. The highest BCUT2D eigenvalue weighted by Gasteiger charge is 2.33. The molecule has 1 aliphatic carbocycles. The molecule has 0 amide bonds. The summed E-state index contributed by atoms with van der Waals surface area (Å²) in [6, 6.07) is 37.7. The van der Waals surface area contributed by atoms with Crippen molar-refractivity contribution in [3.8, 4) is 0 Å². The van der Waals surface area contributed by atoms with Crippen LogP contribution in [0.25, 0.3) is 0 Å². The van der Waals surface area contributed by atoms with E-state index in [-0.39, 0.29) is 19.1 Å². The third-order valence-electron chi connectivity index (χ3n) is 9.24. The molecule has 4 aromatic carbocycles. The van der Waals surface area contributed by atoms with E-state index in [1.807, 2.05) is 91.0 Å². The summed E-state index contributed by atoms with van der Waals surface area (Å²) in [5.41, 5.74) is 5.27. The predicted molar refractivity (Wildman–Crippen MR) is 190 cm³/mol. The van der Waals surface area contributed by atoms with Crippen LogP contribution in [0.15, 0.2) is 132 Å². The number of ether oxygens (including phenoxy) is 2. The van der Waals surface area contributed by atoms with E-state index in [1.165, 1.54) is 43.2 Å². The molecular formula is C41H43ClN2O3. The molecular weight excluding hydrogens is 604 g/mol. The van der Waals surface area contributed by atoms with Crippen molar-refractivity contribution in [1.29, 1.82) is 0 Å². The Morgan fingerprint density at radius 3 is 2.13 bits per heavy atom. The van der Waals surface area contributed by atoms with Crippen LogP contribution in [0.5, 0.6) is 0 Å². The number of esters is 1. The molecule has 1 unspecified atom stereocenters. The Bertz CT molecular complexity index is 1610. The number of amidine groups is 1. The van der Waals surface area contributed by atoms with E-state index in [1.54, 1.807) is 0 Å². The first-order chi connectivity index (χ1) is 23.2. The number of nitrogens with zero attached hydrogens (tertiary/aromatic N) is 1. The number of carbonyl (C=O) groups excluding carboxylic acids is 1. The number of benzene rings is 4. The van der Waals surface area contributed by atoms with Gasteiger partial charge in [0.05, 0.1) is 24.5 Å². The highest BCUT2D eigenvalue weighted by Crippen LogP contribution is 2.35. The van der Waals surface area contributed by atoms with Gasteiger partial charge in [-0.05, 0) is 47.6 Å². The minimum absolute atomic E-state index is 0.0951. The average molecular weight is 647 g/mol. The fraction of sp³-hybridized carbons (Fsp3) is 0.317. The van der Waals surface area contributed by atoms with Gasteiger partial charge in [0.2, 0.25) is 0 Å². The van der Waals surface area contributed by atoms with Gasteiger partial charge in [-0.25, -0.2) is 4.79 Å². The van der Waals surface area contributed by atoms with Crippen molar-refractivity contribution in [2.75, 3.05) is 19.8 Å². The van der Waals surface area contributed by atoms with Crippen LogP contribution in [-0.2, 0) is 14.3 Å². The first kappa shape index (κ1) is 32.7. The third kappa shape index (κ3) is 8.79. The standard InChI is InChI=1S/C41H43ClN2O3/c42-35-23-13-22-34(28-35)39-38(41(45)47-27-25-36(31-16-7-2-8-17-31)32-18-9-3-10-19-32)37(29-46-26-24-30-14-5-1-6-15-30)43-40(44-39)33-20-11-4-12-21-33/h2-4,7-13,16-23,28,30,36,39H,1,5-6,14-15,24-27,29H2,(H,43,44). The van der Waals surface area contributed by atoms with Gasteiger partial charge in [0.1, 0.15) is 11.9 Å². The summed E-state index contributed by atoms with van der Waals surface area (Å²) in [5, 5.41) is 4.06. The Morgan fingerprint density at radius 1 is 0.809 bits per heavy atom. The molecule has 0 radical (unpaired) electrons. The summed E-state index contributed by atoms with van der Waals surface area (Å²) in [5.74, 6) is 1.09. The third-order valence-corrected chi connectivity index (χ3v) is 9.48. The largest absolute Gasteiger partial charge is 0.462 e. The number of aliphatic imine (C=N–C) groups is 1. The number of hydrogen-bond donors (Lipinski definition) is 1. The summed E-state index contributed by atoms with van der Waals surface area (Å²) in [6.45, 7) is 1.16. The lowest BCUT2D eigenvalue weighted by Gasteiger charge is -2.28. The lowest BCUT2D eigenvalue weighted by atomic mass is 9.87. The average Bonchev–Trinajstić information content (AvgIpc) is 3.13. The molecule has 2 aliphatic rings. The van der Waals surface area contributed by atoms with Crippen LogP contribution in [0.4, 0.5) is 0 Å². The van der Waals surface area contributed by atoms with Crippen LogP contribution >= 0.6 is 11.6 Å².